The molecule has 0 aromatic rings. The molecule has 5 nitrogen and oxygen atoms in total. The van der Waals surface area contributed by atoms with Crippen LogP contribution in [-0.2, 0) is 4.74 Å². The molecule has 6 heteroatoms. The maximum Gasteiger partial charge on any atom is 0.191 e. The van der Waals surface area contributed by atoms with Crippen LogP contribution in [0.25, 0.3) is 0 Å². The summed E-state index contributed by atoms with van der Waals surface area (Å²) in [5.41, 5.74) is 0. The summed E-state index contributed by atoms with van der Waals surface area (Å²) in [4.78, 5) is 7.37. The smallest absolute Gasteiger partial charge is 0.191 e. The van der Waals surface area contributed by atoms with Crippen molar-refractivity contribution >= 4 is 29.9 Å². The lowest BCUT2D eigenvalue weighted by atomic mass is 10.0. The van der Waals surface area contributed by atoms with Gasteiger partial charge in [-0.25, -0.2) is 0 Å². The molecule has 0 saturated carbocycles. The highest BCUT2D eigenvalue weighted by Gasteiger charge is 2.23. The van der Waals surface area contributed by atoms with Gasteiger partial charge in [0.25, 0.3) is 0 Å². The molecule has 2 unspecified atom stereocenters. The topological polar surface area (TPSA) is 48.9 Å². The summed E-state index contributed by atoms with van der Waals surface area (Å²) in [6.07, 6.45) is 0. The SMILES string of the molecule is CCNC(=NCC(C(C)C)N1CCOCC1)NC(C)C(C)C.I. The number of rotatable bonds is 7. The van der Waals surface area contributed by atoms with E-state index < -0.39 is 0 Å². The highest BCUT2D eigenvalue weighted by Crippen LogP contribution is 2.13. The largest absolute Gasteiger partial charge is 0.379 e. The third kappa shape index (κ3) is 8.54. The monoisotopic (exact) mass is 440 g/mol. The first-order valence-electron chi connectivity index (χ1n) is 8.82. The van der Waals surface area contributed by atoms with Crippen LogP contribution in [0.3, 0.4) is 0 Å². The van der Waals surface area contributed by atoms with Crippen molar-refractivity contribution in [1.29, 1.82) is 0 Å². The van der Waals surface area contributed by atoms with Gasteiger partial charge < -0.3 is 15.4 Å². The average Bonchev–Trinajstić information content (AvgIpc) is 2.48. The van der Waals surface area contributed by atoms with Gasteiger partial charge in [-0.15, -0.1) is 24.0 Å². The van der Waals surface area contributed by atoms with Crippen molar-refractivity contribution in [2.75, 3.05) is 39.4 Å². The average molecular weight is 440 g/mol. The molecule has 2 atom stereocenters. The van der Waals surface area contributed by atoms with E-state index in [9.17, 15) is 0 Å². The van der Waals surface area contributed by atoms with Crippen LogP contribution in [-0.4, -0.2) is 62.3 Å². The molecular weight excluding hydrogens is 403 g/mol. The van der Waals surface area contributed by atoms with Gasteiger partial charge in [0.2, 0.25) is 0 Å². The number of halogens is 1. The zero-order valence-electron chi connectivity index (χ0n) is 15.8. The lowest BCUT2D eigenvalue weighted by Gasteiger charge is -2.36. The standard InChI is InChI=1S/C17H36N4O.HI/c1-7-18-17(20-15(6)13(2)3)19-12-16(14(4)5)21-8-10-22-11-9-21;/h13-16H,7-12H2,1-6H3,(H2,18,19,20);1H. The second kappa shape index (κ2) is 12.3. The molecule has 1 aliphatic heterocycles. The van der Waals surface area contributed by atoms with E-state index in [4.69, 9.17) is 9.73 Å². The highest BCUT2D eigenvalue weighted by atomic mass is 127. The predicted octanol–water partition coefficient (Wildman–Crippen LogP) is 2.56. The highest BCUT2D eigenvalue weighted by molar-refractivity contribution is 14.0. The number of ether oxygens (including phenoxy) is 1. The first-order valence-corrected chi connectivity index (χ1v) is 8.82. The lowest BCUT2D eigenvalue weighted by molar-refractivity contribution is 0.00867. The maximum absolute atomic E-state index is 5.47. The summed E-state index contributed by atoms with van der Waals surface area (Å²) in [7, 11) is 0. The first-order chi connectivity index (χ1) is 10.5. The molecule has 0 radical (unpaired) electrons. The number of guanidine groups is 1. The quantitative estimate of drug-likeness (QED) is 0.363. The van der Waals surface area contributed by atoms with Crippen LogP contribution in [0, 0.1) is 11.8 Å². The van der Waals surface area contributed by atoms with Gasteiger partial charge in [0.1, 0.15) is 0 Å². The summed E-state index contributed by atoms with van der Waals surface area (Å²) in [6, 6.07) is 0.896. The molecule has 138 valence electrons. The Morgan fingerprint density at radius 1 is 1.09 bits per heavy atom. The molecule has 1 rings (SSSR count). The zero-order valence-corrected chi connectivity index (χ0v) is 18.1. The molecule has 1 heterocycles. The minimum absolute atomic E-state index is 0. The molecule has 1 fully saturated rings. The third-order valence-electron chi connectivity index (χ3n) is 4.43. The van der Waals surface area contributed by atoms with Gasteiger partial charge in [-0.2, -0.15) is 0 Å². The van der Waals surface area contributed by atoms with Crippen LogP contribution in [0.4, 0.5) is 0 Å². The molecule has 2 N–H and O–H groups in total. The van der Waals surface area contributed by atoms with Crippen molar-refractivity contribution < 1.29 is 4.74 Å². The van der Waals surface area contributed by atoms with Gasteiger partial charge >= 0.3 is 0 Å². The van der Waals surface area contributed by atoms with Crippen molar-refractivity contribution in [3.05, 3.63) is 0 Å². The Morgan fingerprint density at radius 3 is 2.17 bits per heavy atom. The normalized spacial score (nSPS) is 19.4. The van der Waals surface area contributed by atoms with Crippen LogP contribution < -0.4 is 10.6 Å². The Balaban J connectivity index is 0.00000484. The molecule has 0 aliphatic carbocycles. The number of nitrogens with zero attached hydrogens (tertiary/aromatic N) is 2. The molecule has 0 aromatic heterocycles. The molecule has 23 heavy (non-hydrogen) atoms. The van der Waals surface area contributed by atoms with E-state index >= 15 is 0 Å². The maximum atomic E-state index is 5.47. The van der Waals surface area contributed by atoms with E-state index in [1.165, 1.54) is 0 Å². The summed E-state index contributed by atoms with van der Waals surface area (Å²) in [5.74, 6) is 2.11. The van der Waals surface area contributed by atoms with Crippen LogP contribution in [0.2, 0.25) is 0 Å². The first kappa shape index (κ1) is 22.9. The second-order valence-electron chi connectivity index (χ2n) is 6.86. The van der Waals surface area contributed by atoms with Crippen LogP contribution >= 0.6 is 24.0 Å². The summed E-state index contributed by atoms with van der Waals surface area (Å²) in [6.45, 7) is 18.8. The van der Waals surface area contributed by atoms with Gasteiger partial charge in [0, 0.05) is 31.7 Å². The Labute approximate surface area is 160 Å². The van der Waals surface area contributed by atoms with E-state index in [0.717, 1.165) is 45.4 Å². The van der Waals surface area contributed by atoms with E-state index in [2.05, 4.69) is 57.1 Å². The molecule has 1 saturated heterocycles. The molecule has 0 bridgehead atoms. The van der Waals surface area contributed by atoms with E-state index in [-0.39, 0.29) is 24.0 Å². The molecular formula is C17H37IN4O. The van der Waals surface area contributed by atoms with Gasteiger partial charge in [-0.1, -0.05) is 27.7 Å². The van der Waals surface area contributed by atoms with Gasteiger partial charge in [-0.3, -0.25) is 9.89 Å². The van der Waals surface area contributed by atoms with Crippen LogP contribution in [0.5, 0.6) is 0 Å². The Bertz CT molecular complexity index is 331. The number of aliphatic imine (C=N–C) groups is 1. The van der Waals surface area contributed by atoms with Crippen molar-refractivity contribution in [3.63, 3.8) is 0 Å². The summed E-state index contributed by atoms with van der Waals surface area (Å²) < 4.78 is 5.47. The fourth-order valence-electron chi connectivity index (χ4n) is 2.54. The van der Waals surface area contributed by atoms with Crippen LogP contribution in [0.15, 0.2) is 4.99 Å². The predicted molar refractivity (Wildman–Crippen MR) is 110 cm³/mol. The van der Waals surface area contributed by atoms with Gasteiger partial charge in [-0.05, 0) is 25.7 Å². The minimum atomic E-state index is 0. The number of nitrogens with one attached hydrogen (secondary N) is 2. The number of hydrogen-bond acceptors (Lipinski definition) is 3. The third-order valence-corrected chi connectivity index (χ3v) is 4.43. The van der Waals surface area contributed by atoms with E-state index in [1.807, 2.05) is 0 Å². The number of morpholine rings is 1. The van der Waals surface area contributed by atoms with Crippen LogP contribution in [0.1, 0.15) is 41.5 Å². The zero-order chi connectivity index (χ0) is 16.5. The Kier molecular flexibility index (Phi) is 12.3. The van der Waals surface area contributed by atoms with Crippen molar-refractivity contribution in [1.82, 2.24) is 15.5 Å². The van der Waals surface area contributed by atoms with Crippen molar-refractivity contribution in [2.24, 2.45) is 16.8 Å². The molecule has 1 aliphatic rings. The molecule has 0 spiro atoms. The van der Waals surface area contributed by atoms with Crippen molar-refractivity contribution in [2.45, 2.75) is 53.6 Å². The summed E-state index contributed by atoms with van der Waals surface area (Å²) >= 11 is 0. The fourth-order valence-corrected chi connectivity index (χ4v) is 2.54. The Morgan fingerprint density at radius 2 is 1.70 bits per heavy atom. The number of hydrogen-bond donors (Lipinski definition) is 2. The van der Waals surface area contributed by atoms with Gasteiger partial charge in [0.15, 0.2) is 5.96 Å². The minimum Gasteiger partial charge on any atom is -0.379 e. The van der Waals surface area contributed by atoms with Crippen molar-refractivity contribution in [3.8, 4) is 0 Å². The lowest BCUT2D eigenvalue weighted by Crippen LogP contribution is -2.49. The Hall–Kier alpha value is -0.0800. The molecule has 0 aromatic carbocycles. The second-order valence-corrected chi connectivity index (χ2v) is 6.86. The van der Waals surface area contributed by atoms with E-state index in [1.54, 1.807) is 0 Å². The summed E-state index contributed by atoms with van der Waals surface area (Å²) in [5, 5.41) is 6.87. The van der Waals surface area contributed by atoms with E-state index in [0.29, 0.717) is 23.9 Å². The van der Waals surface area contributed by atoms with Gasteiger partial charge in [0.05, 0.1) is 19.8 Å². The fraction of sp³-hybridized carbons (Fsp3) is 0.941. The molecule has 0 amide bonds.